The van der Waals surface area contributed by atoms with Gasteiger partial charge in [-0.1, -0.05) is 19.4 Å². The molecule has 1 saturated carbocycles. The van der Waals surface area contributed by atoms with Crippen LogP contribution in [0.1, 0.15) is 25.7 Å². The second kappa shape index (κ2) is 7.56. The minimum atomic E-state index is -0.526. The Morgan fingerprint density at radius 1 is 1.26 bits per heavy atom. The number of nitrogens with two attached hydrogens (primary N) is 1. The number of ether oxygens (including phenoxy) is 1. The van der Waals surface area contributed by atoms with E-state index < -0.39 is 11.9 Å². The number of amides is 2. The minimum Gasteiger partial charge on any atom is -0.461 e. The number of hydrogen-bond acceptors (Lipinski definition) is 4. The molecule has 0 saturated heterocycles. The quantitative estimate of drug-likeness (QED) is 0.406. The highest BCUT2D eigenvalue weighted by atomic mass is 16.5. The van der Waals surface area contributed by atoms with E-state index in [4.69, 9.17) is 10.5 Å². The average Bonchev–Trinajstić information content (AvgIpc) is 2.42. The fraction of sp³-hybridized carbons (Fsp3) is 0.615. The SMILES string of the molecule is C=CC(=O)OCCNC(=O)C1CCCCC1C(N)=O. The molecule has 2 atom stereocenters. The van der Waals surface area contributed by atoms with E-state index in [9.17, 15) is 14.4 Å². The molecule has 19 heavy (non-hydrogen) atoms. The molecule has 1 rings (SSSR count). The van der Waals surface area contributed by atoms with Crippen molar-refractivity contribution < 1.29 is 19.1 Å². The molecule has 0 aromatic heterocycles. The van der Waals surface area contributed by atoms with E-state index in [1.165, 1.54) is 0 Å². The zero-order valence-corrected chi connectivity index (χ0v) is 10.9. The van der Waals surface area contributed by atoms with Crippen molar-refractivity contribution in [2.24, 2.45) is 17.6 Å². The third kappa shape index (κ3) is 4.73. The van der Waals surface area contributed by atoms with Gasteiger partial charge in [0.05, 0.1) is 6.54 Å². The van der Waals surface area contributed by atoms with Crippen LogP contribution in [-0.2, 0) is 19.1 Å². The molecular formula is C13H20N2O4. The van der Waals surface area contributed by atoms with Crippen LogP contribution in [0, 0.1) is 11.8 Å². The first-order chi connectivity index (χ1) is 9.06. The third-order valence-corrected chi connectivity index (χ3v) is 3.28. The van der Waals surface area contributed by atoms with Crippen LogP contribution in [-0.4, -0.2) is 30.9 Å². The molecule has 106 valence electrons. The molecule has 0 spiro atoms. The summed E-state index contributed by atoms with van der Waals surface area (Å²) >= 11 is 0. The predicted molar refractivity (Wildman–Crippen MR) is 68.8 cm³/mol. The summed E-state index contributed by atoms with van der Waals surface area (Å²) in [7, 11) is 0. The van der Waals surface area contributed by atoms with E-state index in [1.807, 2.05) is 0 Å². The number of hydrogen-bond donors (Lipinski definition) is 2. The summed E-state index contributed by atoms with van der Waals surface area (Å²) in [5.41, 5.74) is 5.31. The number of esters is 1. The van der Waals surface area contributed by atoms with Gasteiger partial charge in [-0.05, 0) is 12.8 Å². The fourth-order valence-electron chi connectivity index (χ4n) is 2.30. The lowest BCUT2D eigenvalue weighted by Crippen LogP contribution is -2.42. The smallest absolute Gasteiger partial charge is 0.330 e. The van der Waals surface area contributed by atoms with Crippen LogP contribution in [0.4, 0.5) is 0 Å². The van der Waals surface area contributed by atoms with Gasteiger partial charge >= 0.3 is 5.97 Å². The summed E-state index contributed by atoms with van der Waals surface area (Å²) in [5, 5.41) is 2.66. The molecule has 6 heteroatoms. The molecule has 1 aliphatic carbocycles. The standard InChI is InChI=1S/C13H20N2O4/c1-2-11(16)19-8-7-15-13(18)10-6-4-3-5-9(10)12(14)17/h2,9-10H,1,3-8H2,(H2,14,17)(H,15,18). The second-order valence-corrected chi connectivity index (χ2v) is 4.56. The van der Waals surface area contributed by atoms with E-state index in [0.29, 0.717) is 12.8 Å². The lowest BCUT2D eigenvalue weighted by molar-refractivity contribution is -0.139. The molecule has 2 amide bonds. The van der Waals surface area contributed by atoms with Gasteiger partial charge in [-0.15, -0.1) is 0 Å². The van der Waals surface area contributed by atoms with Crippen molar-refractivity contribution in [3.05, 3.63) is 12.7 Å². The van der Waals surface area contributed by atoms with E-state index in [2.05, 4.69) is 11.9 Å². The maximum atomic E-state index is 11.9. The minimum absolute atomic E-state index is 0.0878. The van der Waals surface area contributed by atoms with Crippen LogP contribution in [0.3, 0.4) is 0 Å². The summed E-state index contributed by atoms with van der Waals surface area (Å²) < 4.78 is 4.74. The number of nitrogens with one attached hydrogen (secondary N) is 1. The summed E-state index contributed by atoms with van der Waals surface area (Å²) in [6.07, 6.45) is 4.25. The van der Waals surface area contributed by atoms with Gasteiger partial charge in [-0.3, -0.25) is 9.59 Å². The van der Waals surface area contributed by atoms with Crippen molar-refractivity contribution in [1.82, 2.24) is 5.32 Å². The molecule has 1 aliphatic rings. The van der Waals surface area contributed by atoms with Crippen molar-refractivity contribution in [2.45, 2.75) is 25.7 Å². The van der Waals surface area contributed by atoms with Gasteiger partial charge in [-0.2, -0.15) is 0 Å². The van der Waals surface area contributed by atoms with Crippen molar-refractivity contribution in [3.8, 4) is 0 Å². The molecule has 2 unspecified atom stereocenters. The van der Waals surface area contributed by atoms with Crippen LogP contribution < -0.4 is 11.1 Å². The van der Waals surface area contributed by atoms with Crippen LogP contribution in [0.15, 0.2) is 12.7 Å². The van der Waals surface area contributed by atoms with E-state index in [-0.39, 0.29) is 30.9 Å². The van der Waals surface area contributed by atoms with Gasteiger partial charge in [0.2, 0.25) is 11.8 Å². The molecule has 0 aliphatic heterocycles. The van der Waals surface area contributed by atoms with Crippen molar-refractivity contribution in [1.29, 1.82) is 0 Å². The topological polar surface area (TPSA) is 98.5 Å². The highest BCUT2D eigenvalue weighted by Gasteiger charge is 2.34. The zero-order chi connectivity index (χ0) is 14.3. The molecular weight excluding hydrogens is 248 g/mol. The van der Waals surface area contributed by atoms with Crippen LogP contribution in [0.25, 0.3) is 0 Å². The predicted octanol–water partition coefficient (Wildman–Crippen LogP) is 0.123. The maximum absolute atomic E-state index is 11.9. The third-order valence-electron chi connectivity index (χ3n) is 3.28. The first-order valence-corrected chi connectivity index (χ1v) is 6.42. The lowest BCUT2D eigenvalue weighted by atomic mass is 9.78. The first kappa shape index (κ1) is 15.2. The summed E-state index contributed by atoms with van der Waals surface area (Å²) in [6.45, 7) is 3.57. The largest absolute Gasteiger partial charge is 0.461 e. The molecule has 0 bridgehead atoms. The Balaban J connectivity index is 2.36. The Hall–Kier alpha value is -1.85. The second-order valence-electron chi connectivity index (χ2n) is 4.56. The Labute approximate surface area is 112 Å². The van der Waals surface area contributed by atoms with Crippen molar-refractivity contribution >= 4 is 17.8 Å². The first-order valence-electron chi connectivity index (χ1n) is 6.42. The van der Waals surface area contributed by atoms with Crippen LogP contribution >= 0.6 is 0 Å². The van der Waals surface area contributed by atoms with Gasteiger partial charge < -0.3 is 15.8 Å². The summed E-state index contributed by atoms with van der Waals surface area (Å²) in [6, 6.07) is 0. The van der Waals surface area contributed by atoms with Crippen LogP contribution in [0.5, 0.6) is 0 Å². The van der Waals surface area contributed by atoms with Gasteiger partial charge in [0.15, 0.2) is 0 Å². The van der Waals surface area contributed by atoms with Crippen molar-refractivity contribution in [3.63, 3.8) is 0 Å². The van der Waals surface area contributed by atoms with Gasteiger partial charge in [0, 0.05) is 17.9 Å². The molecule has 0 heterocycles. The number of carbonyl (C=O) groups excluding carboxylic acids is 3. The normalized spacial score (nSPS) is 22.3. The highest BCUT2D eigenvalue weighted by Crippen LogP contribution is 2.29. The fourth-order valence-corrected chi connectivity index (χ4v) is 2.30. The van der Waals surface area contributed by atoms with E-state index >= 15 is 0 Å². The van der Waals surface area contributed by atoms with Gasteiger partial charge in [0.1, 0.15) is 6.61 Å². The molecule has 0 aromatic rings. The van der Waals surface area contributed by atoms with Crippen LogP contribution in [0.2, 0.25) is 0 Å². The average molecular weight is 268 g/mol. The number of carbonyl (C=O) groups is 3. The monoisotopic (exact) mass is 268 g/mol. The molecule has 1 fully saturated rings. The highest BCUT2D eigenvalue weighted by molar-refractivity contribution is 5.87. The van der Waals surface area contributed by atoms with Gasteiger partial charge in [-0.25, -0.2) is 4.79 Å². The Kier molecular flexibility index (Phi) is 6.05. The van der Waals surface area contributed by atoms with Gasteiger partial charge in [0.25, 0.3) is 0 Å². The molecule has 6 nitrogen and oxygen atoms in total. The van der Waals surface area contributed by atoms with Crippen molar-refractivity contribution in [2.75, 3.05) is 13.2 Å². The summed E-state index contributed by atoms with van der Waals surface area (Å²) in [5.74, 6) is -1.89. The summed E-state index contributed by atoms with van der Waals surface area (Å²) in [4.78, 5) is 34.0. The Bertz CT molecular complexity index is 368. The number of rotatable bonds is 6. The Morgan fingerprint density at radius 2 is 1.89 bits per heavy atom. The zero-order valence-electron chi connectivity index (χ0n) is 10.9. The van der Waals surface area contributed by atoms with E-state index in [0.717, 1.165) is 18.9 Å². The number of primary amides is 1. The van der Waals surface area contributed by atoms with E-state index in [1.54, 1.807) is 0 Å². The molecule has 0 aromatic carbocycles. The molecule has 0 radical (unpaired) electrons. The lowest BCUT2D eigenvalue weighted by Gasteiger charge is -2.28. The Morgan fingerprint density at radius 3 is 2.47 bits per heavy atom. The maximum Gasteiger partial charge on any atom is 0.330 e. The molecule has 3 N–H and O–H groups in total.